The average molecular weight is 417 g/mol. The smallest absolute Gasteiger partial charge is 0.328 e. The van der Waals surface area contributed by atoms with Gasteiger partial charge in [-0.15, -0.1) is 0 Å². The van der Waals surface area contributed by atoms with E-state index >= 15 is 0 Å². The quantitative estimate of drug-likeness (QED) is 0.753. The summed E-state index contributed by atoms with van der Waals surface area (Å²) >= 11 is 0. The molecule has 3 heterocycles. The maximum atomic E-state index is 13.2. The van der Waals surface area contributed by atoms with E-state index in [-0.39, 0.29) is 35.6 Å². The molecule has 2 amide bonds. The Morgan fingerprint density at radius 1 is 1.10 bits per heavy atom. The number of carbonyl (C=O) groups is 3. The van der Waals surface area contributed by atoms with Gasteiger partial charge >= 0.3 is 5.97 Å². The number of ether oxygens (including phenoxy) is 1. The third kappa shape index (κ3) is 3.69. The van der Waals surface area contributed by atoms with Crippen molar-refractivity contribution in [3.05, 3.63) is 35.6 Å². The molecule has 3 fully saturated rings. The van der Waals surface area contributed by atoms with E-state index < -0.39 is 18.1 Å². The standard InChI is InChI=1S/C22H28FN3O4/c1-30-22(29)18-3-2-10-25(18)21(28)19(24)14-11-16-8-9-17(12-14)26(16)20(27)13-4-6-15(23)7-5-13/h4-7,14,16-19H,2-3,8-12,24H2,1H3/t14?,16?,17?,18-,19-/m0/s1. The minimum atomic E-state index is -0.693. The Kier molecular flexibility index (Phi) is 5.77. The summed E-state index contributed by atoms with van der Waals surface area (Å²) in [7, 11) is 1.33. The number of nitrogens with zero attached hydrogens (tertiary/aromatic N) is 2. The predicted molar refractivity (Wildman–Crippen MR) is 107 cm³/mol. The number of likely N-dealkylation sites (tertiary alicyclic amines) is 1. The first-order valence-corrected chi connectivity index (χ1v) is 10.6. The van der Waals surface area contributed by atoms with Crippen LogP contribution in [0.5, 0.6) is 0 Å². The number of esters is 1. The second-order valence-corrected chi connectivity index (χ2v) is 8.57. The average Bonchev–Trinajstić information content (AvgIpc) is 3.34. The highest BCUT2D eigenvalue weighted by Gasteiger charge is 2.47. The first kappa shape index (κ1) is 20.8. The zero-order chi connectivity index (χ0) is 21.4. The van der Waals surface area contributed by atoms with E-state index in [1.165, 1.54) is 31.4 Å². The second kappa shape index (κ2) is 8.34. The number of carbonyl (C=O) groups excluding carboxylic acids is 3. The molecule has 1 aromatic carbocycles. The van der Waals surface area contributed by atoms with Gasteiger partial charge < -0.3 is 20.3 Å². The third-order valence-electron chi connectivity index (χ3n) is 6.90. The van der Waals surface area contributed by atoms with Gasteiger partial charge in [-0.1, -0.05) is 0 Å². The molecule has 0 radical (unpaired) electrons. The Balaban J connectivity index is 1.43. The van der Waals surface area contributed by atoms with Crippen molar-refractivity contribution in [1.29, 1.82) is 0 Å². The van der Waals surface area contributed by atoms with Gasteiger partial charge in [0.15, 0.2) is 0 Å². The topological polar surface area (TPSA) is 92.9 Å². The normalized spacial score (nSPS) is 29.0. The lowest BCUT2D eigenvalue weighted by atomic mass is 9.84. The van der Waals surface area contributed by atoms with Crippen LogP contribution in [0.3, 0.4) is 0 Å². The van der Waals surface area contributed by atoms with E-state index in [4.69, 9.17) is 10.5 Å². The minimum Gasteiger partial charge on any atom is -0.467 e. The molecule has 4 rings (SSSR count). The maximum absolute atomic E-state index is 13.2. The molecule has 0 spiro atoms. The van der Waals surface area contributed by atoms with Crippen LogP contribution in [0.2, 0.25) is 0 Å². The zero-order valence-corrected chi connectivity index (χ0v) is 17.1. The van der Waals surface area contributed by atoms with Crippen molar-refractivity contribution in [3.8, 4) is 0 Å². The van der Waals surface area contributed by atoms with Gasteiger partial charge in [0, 0.05) is 24.2 Å². The van der Waals surface area contributed by atoms with Gasteiger partial charge in [0.05, 0.1) is 13.2 Å². The van der Waals surface area contributed by atoms with Gasteiger partial charge in [-0.3, -0.25) is 9.59 Å². The van der Waals surface area contributed by atoms with Crippen molar-refractivity contribution in [2.75, 3.05) is 13.7 Å². The van der Waals surface area contributed by atoms with E-state index in [0.717, 1.165) is 19.3 Å². The lowest BCUT2D eigenvalue weighted by Crippen LogP contribution is -2.55. The SMILES string of the molecule is COC(=O)[C@@H]1CCCN1C(=O)[C@@H](N)C1CC2CCC(C1)N2C(=O)c1ccc(F)cc1. The second-order valence-electron chi connectivity index (χ2n) is 8.57. The highest BCUT2D eigenvalue weighted by atomic mass is 19.1. The molecular formula is C22H28FN3O4. The minimum absolute atomic E-state index is 0.0279. The van der Waals surface area contributed by atoms with Crippen molar-refractivity contribution >= 4 is 17.8 Å². The Hall–Kier alpha value is -2.48. The summed E-state index contributed by atoms with van der Waals surface area (Å²) < 4.78 is 18.0. The molecule has 0 aliphatic carbocycles. The predicted octanol–water partition coefficient (Wildman–Crippen LogP) is 1.70. The van der Waals surface area contributed by atoms with E-state index in [9.17, 15) is 18.8 Å². The van der Waals surface area contributed by atoms with Gasteiger partial charge in [0.1, 0.15) is 11.9 Å². The molecule has 30 heavy (non-hydrogen) atoms. The molecule has 3 aliphatic heterocycles. The van der Waals surface area contributed by atoms with E-state index in [1.54, 1.807) is 4.90 Å². The van der Waals surface area contributed by atoms with Crippen molar-refractivity contribution in [2.45, 2.75) is 62.7 Å². The van der Waals surface area contributed by atoms with E-state index in [2.05, 4.69) is 0 Å². The van der Waals surface area contributed by atoms with E-state index in [0.29, 0.717) is 31.4 Å². The number of hydrogen-bond donors (Lipinski definition) is 1. The molecule has 162 valence electrons. The summed E-state index contributed by atoms with van der Waals surface area (Å²) in [6, 6.07) is 4.43. The Labute approximate surface area is 175 Å². The summed E-state index contributed by atoms with van der Waals surface area (Å²) in [6.45, 7) is 0.515. The molecule has 3 saturated heterocycles. The van der Waals surface area contributed by atoms with E-state index in [1.807, 2.05) is 4.90 Å². The lowest BCUT2D eigenvalue weighted by Gasteiger charge is -2.41. The summed E-state index contributed by atoms with van der Waals surface area (Å²) in [4.78, 5) is 41.5. The highest BCUT2D eigenvalue weighted by Crippen LogP contribution is 2.41. The summed E-state index contributed by atoms with van der Waals surface area (Å²) in [5.41, 5.74) is 6.87. The molecular weight excluding hydrogens is 389 g/mol. The number of benzene rings is 1. The number of amides is 2. The molecule has 3 aliphatic rings. The molecule has 1 aromatic rings. The van der Waals surface area contributed by atoms with Crippen LogP contribution in [0, 0.1) is 11.7 Å². The van der Waals surface area contributed by atoms with Crippen molar-refractivity contribution < 1.29 is 23.5 Å². The first-order chi connectivity index (χ1) is 14.4. The molecule has 0 aromatic heterocycles. The first-order valence-electron chi connectivity index (χ1n) is 10.6. The highest BCUT2D eigenvalue weighted by molar-refractivity contribution is 5.95. The molecule has 7 nitrogen and oxygen atoms in total. The van der Waals surface area contributed by atoms with Crippen molar-refractivity contribution in [2.24, 2.45) is 11.7 Å². The summed E-state index contributed by atoms with van der Waals surface area (Å²) in [5, 5.41) is 0. The molecule has 8 heteroatoms. The van der Waals surface area contributed by atoms with Crippen LogP contribution in [-0.2, 0) is 14.3 Å². The van der Waals surface area contributed by atoms with Gasteiger partial charge in [-0.25, -0.2) is 9.18 Å². The fourth-order valence-corrected chi connectivity index (χ4v) is 5.39. The Bertz CT molecular complexity index is 816. The molecule has 0 saturated carbocycles. The van der Waals surface area contributed by atoms with Crippen LogP contribution in [0.1, 0.15) is 48.9 Å². The molecule has 2 unspecified atom stereocenters. The van der Waals surface area contributed by atoms with Gasteiger partial charge in [0.2, 0.25) is 5.91 Å². The fraction of sp³-hybridized carbons (Fsp3) is 0.591. The summed E-state index contributed by atoms with van der Waals surface area (Å²) in [6.07, 6.45) is 4.43. The number of rotatable bonds is 4. The van der Waals surface area contributed by atoms with Crippen LogP contribution in [0.15, 0.2) is 24.3 Å². The number of hydrogen-bond acceptors (Lipinski definition) is 5. The molecule has 2 bridgehead atoms. The molecule has 4 atom stereocenters. The van der Waals surface area contributed by atoms with Crippen molar-refractivity contribution in [1.82, 2.24) is 9.80 Å². The number of methoxy groups -OCH3 is 1. The van der Waals surface area contributed by atoms with Gasteiger partial charge in [-0.05, 0) is 68.7 Å². The number of piperidine rings is 1. The van der Waals surface area contributed by atoms with Crippen LogP contribution in [0.25, 0.3) is 0 Å². The van der Waals surface area contributed by atoms with Gasteiger partial charge in [-0.2, -0.15) is 0 Å². The van der Waals surface area contributed by atoms with Crippen LogP contribution >= 0.6 is 0 Å². The Morgan fingerprint density at radius 2 is 1.73 bits per heavy atom. The monoisotopic (exact) mass is 417 g/mol. The van der Waals surface area contributed by atoms with Crippen LogP contribution < -0.4 is 5.73 Å². The third-order valence-corrected chi connectivity index (χ3v) is 6.90. The fourth-order valence-electron chi connectivity index (χ4n) is 5.39. The van der Waals surface area contributed by atoms with Crippen LogP contribution in [0.4, 0.5) is 4.39 Å². The number of nitrogens with two attached hydrogens (primary N) is 1. The van der Waals surface area contributed by atoms with Crippen molar-refractivity contribution in [3.63, 3.8) is 0 Å². The number of fused-ring (bicyclic) bond motifs is 2. The zero-order valence-electron chi connectivity index (χ0n) is 17.1. The van der Waals surface area contributed by atoms with Crippen LogP contribution in [-0.4, -0.2) is 65.4 Å². The molecule has 2 N–H and O–H groups in total. The maximum Gasteiger partial charge on any atom is 0.328 e. The number of halogens is 1. The summed E-state index contributed by atoms with van der Waals surface area (Å²) in [5.74, 6) is -1.10. The lowest BCUT2D eigenvalue weighted by molar-refractivity contribution is -0.152. The largest absolute Gasteiger partial charge is 0.467 e. The van der Waals surface area contributed by atoms with Gasteiger partial charge in [0.25, 0.3) is 5.91 Å². The Morgan fingerprint density at radius 3 is 2.33 bits per heavy atom.